The van der Waals surface area contributed by atoms with Crippen molar-refractivity contribution in [2.75, 3.05) is 0 Å². The number of hydrogen-bond donors (Lipinski definition) is 0. The monoisotopic (exact) mass is 179 g/mol. The van der Waals surface area contributed by atoms with Crippen LogP contribution in [0.5, 0.6) is 5.88 Å². The Hall–Kier alpha value is -1.38. The molecule has 3 nitrogen and oxygen atoms in total. The molecule has 0 saturated carbocycles. The highest BCUT2D eigenvalue weighted by molar-refractivity contribution is 5.77. The Morgan fingerprint density at radius 2 is 2.15 bits per heavy atom. The number of pyridine rings is 1. The summed E-state index contributed by atoms with van der Waals surface area (Å²) in [5, 5.41) is 0. The fourth-order valence-corrected chi connectivity index (χ4v) is 0.868. The normalized spacial score (nSPS) is 11.0. The van der Waals surface area contributed by atoms with E-state index in [4.69, 9.17) is 4.74 Å². The zero-order valence-electron chi connectivity index (χ0n) is 8.07. The van der Waals surface area contributed by atoms with Crippen LogP contribution in [0.25, 0.3) is 0 Å². The first-order chi connectivity index (χ1) is 6.03. The van der Waals surface area contributed by atoms with Gasteiger partial charge in [-0.25, -0.2) is 4.98 Å². The van der Waals surface area contributed by atoms with Crippen LogP contribution in [-0.2, 0) is 0 Å². The molecule has 1 aromatic heterocycles. The Bertz CT molecular complexity index is 302. The molecule has 3 heteroatoms. The zero-order valence-corrected chi connectivity index (χ0v) is 8.07. The van der Waals surface area contributed by atoms with Crippen molar-refractivity contribution in [3.05, 3.63) is 23.9 Å². The van der Waals surface area contributed by atoms with Gasteiger partial charge >= 0.3 is 0 Å². The van der Waals surface area contributed by atoms with Gasteiger partial charge in [0.25, 0.3) is 0 Å². The van der Waals surface area contributed by atoms with E-state index in [1.807, 2.05) is 20.8 Å². The Labute approximate surface area is 77.8 Å². The Morgan fingerprint density at radius 1 is 1.46 bits per heavy atom. The van der Waals surface area contributed by atoms with Gasteiger partial charge in [0.1, 0.15) is 5.60 Å². The summed E-state index contributed by atoms with van der Waals surface area (Å²) >= 11 is 0. The molecule has 0 amide bonds. The maximum atomic E-state index is 10.6. The molecule has 0 fully saturated rings. The van der Waals surface area contributed by atoms with E-state index in [-0.39, 0.29) is 5.60 Å². The van der Waals surface area contributed by atoms with Gasteiger partial charge in [-0.05, 0) is 32.9 Å². The maximum absolute atomic E-state index is 10.6. The fourth-order valence-electron chi connectivity index (χ4n) is 0.868. The van der Waals surface area contributed by atoms with E-state index < -0.39 is 0 Å². The number of rotatable bonds is 2. The van der Waals surface area contributed by atoms with E-state index in [9.17, 15) is 4.79 Å². The molecule has 0 spiro atoms. The van der Waals surface area contributed by atoms with Gasteiger partial charge in [-0.2, -0.15) is 0 Å². The van der Waals surface area contributed by atoms with Crippen LogP contribution < -0.4 is 4.74 Å². The Kier molecular flexibility index (Phi) is 2.66. The van der Waals surface area contributed by atoms with Crippen molar-refractivity contribution in [1.29, 1.82) is 0 Å². The quantitative estimate of drug-likeness (QED) is 0.652. The van der Waals surface area contributed by atoms with Crippen molar-refractivity contribution in [3.63, 3.8) is 0 Å². The summed E-state index contributed by atoms with van der Waals surface area (Å²) in [7, 11) is 0. The largest absolute Gasteiger partial charge is 0.471 e. The molecule has 0 radical (unpaired) electrons. The van der Waals surface area contributed by atoms with Crippen LogP contribution in [0.15, 0.2) is 18.3 Å². The predicted molar refractivity (Wildman–Crippen MR) is 50.0 cm³/mol. The zero-order chi connectivity index (χ0) is 9.90. The Morgan fingerprint density at radius 3 is 2.69 bits per heavy atom. The number of nitrogens with zero attached hydrogens (tertiary/aromatic N) is 1. The van der Waals surface area contributed by atoms with Crippen LogP contribution in [0.1, 0.15) is 31.1 Å². The van der Waals surface area contributed by atoms with Gasteiger partial charge in [0.05, 0.1) is 5.56 Å². The second kappa shape index (κ2) is 3.56. The number of hydrogen-bond acceptors (Lipinski definition) is 3. The highest BCUT2D eigenvalue weighted by Crippen LogP contribution is 2.17. The minimum atomic E-state index is -0.327. The second-order valence-electron chi connectivity index (χ2n) is 3.73. The number of carbonyl (C=O) groups is 1. The molecule has 70 valence electrons. The van der Waals surface area contributed by atoms with Gasteiger partial charge in [0.15, 0.2) is 6.29 Å². The van der Waals surface area contributed by atoms with E-state index in [2.05, 4.69) is 4.98 Å². The first-order valence-corrected chi connectivity index (χ1v) is 4.12. The molecular weight excluding hydrogens is 166 g/mol. The van der Waals surface area contributed by atoms with Crippen molar-refractivity contribution in [2.45, 2.75) is 26.4 Å². The summed E-state index contributed by atoms with van der Waals surface area (Å²) in [6.07, 6.45) is 2.35. The highest BCUT2D eigenvalue weighted by atomic mass is 16.5. The molecule has 0 atom stereocenters. The smallest absolute Gasteiger partial charge is 0.224 e. The van der Waals surface area contributed by atoms with Gasteiger partial charge in [-0.1, -0.05) is 0 Å². The average Bonchev–Trinajstić information content (AvgIpc) is 2.02. The molecule has 1 heterocycles. The molecule has 0 aliphatic heterocycles. The summed E-state index contributed by atoms with van der Waals surface area (Å²) in [5.41, 5.74) is 0.156. The van der Waals surface area contributed by atoms with E-state index >= 15 is 0 Å². The van der Waals surface area contributed by atoms with Gasteiger partial charge in [0, 0.05) is 6.20 Å². The average molecular weight is 179 g/mol. The first-order valence-electron chi connectivity index (χ1n) is 4.12. The van der Waals surface area contributed by atoms with E-state index in [1.54, 1.807) is 18.3 Å². The lowest BCUT2D eigenvalue weighted by Crippen LogP contribution is -2.24. The molecule has 0 N–H and O–H groups in total. The van der Waals surface area contributed by atoms with Crippen molar-refractivity contribution < 1.29 is 9.53 Å². The van der Waals surface area contributed by atoms with E-state index in [0.717, 1.165) is 6.29 Å². The van der Waals surface area contributed by atoms with Gasteiger partial charge in [-0.15, -0.1) is 0 Å². The van der Waals surface area contributed by atoms with Crippen LogP contribution in [0.2, 0.25) is 0 Å². The molecular formula is C10H13NO2. The second-order valence-corrected chi connectivity index (χ2v) is 3.73. The molecule has 1 rings (SSSR count). The number of carbonyl (C=O) groups excluding carboxylic acids is 1. The third kappa shape index (κ3) is 2.86. The molecule has 13 heavy (non-hydrogen) atoms. The molecule has 0 unspecified atom stereocenters. The number of ether oxygens (including phenoxy) is 1. The number of aromatic nitrogens is 1. The molecule has 0 aliphatic carbocycles. The van der Waals surface area contributed by atoms with Crippen LogP contribution in [0.4, 0.5) is 0 Å². The van der Waals surface area contributed by atoms with Crippen molar-refractivity contribution >= 4 is 6.29 Å². The number of aldehydes is 1. The van der Waals surface area contributed by atoms with Gasteiger partial charge < -0.3 is 4.74 Å². The summed E-state index contributed by atoms with van der Waals surface area (Å²) in [4.78, 5) is 14.6. The molecule has 0 aromatic carbocycles. The predicted octanol–water partition coefficient (Wildman–Crippen LogP) is 2.07. The van der Waals surface area contributed by atoms with Crippen LogP contribution in [0, 0.1) is 0 Å². The standard InChI is InChI=1S/C10H13NO2/c1-10(2,3)13-9-8(7-12)5-4-6-11-9/h4-7H,1-3H3. The molecule has 0 saturated heterocycles. The fraction of sp³-hybridized carbons (Fsp3) is 0.400. The topological polar surface area (TPSA) is 39.2 Å². The van der Waals surface area contributed by atoms with Gasteiger partial charge in [-0.3, -0.25) is 4.79 Å². The third-order valence-corrected chi connectivity index (χ3v) is 1.33. The van der Waals surface area contributed by atoms with E-state index in [0.29, 0.717) is 11.4 Å². The van der Waals surface area contributed by atoms with E-state index in [1.165, 1.54) is 0 Å². The summed E-state index contributed by atoms with van der Waals surface area (Å²) in [5.74, 6) is 0.394. The highest BCUT2D eigenvalue weighted by Gasteiger charge is 2.14. The minimum absolute atomic E-state index is 0.327. The van der Waals surface area contributed by atoms with Crippen molar-refractivity contribution in [1.82, 2.24) is 4.98 Å². The summed E-state index contributed by atoms with van der Waals surface area (Å²) in [6, 6.07) is 3.39. The van der Waals surface area contributed by atoms with Crippen molar-refractivity contribution in [2.24, 2.45) is 0 Å². The molecule has 1 aromatic rings. The molecule has 0 bridgehead atoms. The molecule has 0 aliphatic rings. The van der Waals surface area contributed by atoms with Crippen LogP contribution in [-0.4, -0.2) is 16.9 Å². The lowest BCUT2D eigenvalue weighted by molar-refractivity contribution is 0.108. The van der Waals surface area contributed by atoms with Crippen molar-refractivity contribution in [3.8, 4) is 5.88 Å². The van der Waals surface area contributed by atoms with Crippen LogP contribution >= 0.6 is 0 Å². The summed E-state index contributed by atoms with van der Waals surface area (Å²) < 4.78 is 5.48. The lowest BCUT2D eigenvalue weighted by Gasteiger charge is -2.20. The maximum Gasteiger partial charge on any atom is 0.224 e. The minimum Gasteiger partial charge on any atom is -0.471 e. The first kappa shape index (κ1) is 9.71. The Balaban J connectivity index is 2.94. The SMILES string of the molecule is CC(C)(C)Oc1ncccc1C=O. The third-order valence-electron chi connectivity index (χ3n) is 1.33. The summed E-state index contributed by atoms with van der Waals surface area (Å²) in [6.45, 7) is 5.74. The lowest BCUT2D eigenvalue weighted by atomic mass is 10.2. The van der Waals surface area contributed by atoms with Gasteiger partial charge in [0.2, 0.25) is 5.88 Å². The van der Waals surface area contributed by atoms with Crippen LogP contribution in [0.3, 0.4) is 0 Å².